The van der Waals surface area contributed by atoms with E-state index in [0.29, 0.717) is 17.9 Å². The van der Waals surface area contributed by atoms with Gasteiger partial charge in [-0.15, -0.1) is 4.91 Å². The van der Waals surface area contributed by atoms with E-state index in [0.717, 1.165) is 7.05 Å². The topological polar surface area (TPSA) is 620 Å². The number of nitroso groups, excluding NO2 is 1. The quantitative estimate of drug-likeness (QED) is 0.0126. The molecule has 17 atom stereocenters. The first-order chi connectivity index (χ1) is 62.1. The van der Waals surface area contributed by atoms with Crippen molar-refractivity contribution >= 4 is 58.7 Å². The van der Waals surface area contributed by atoms with Gasteiger partial charge in [-0.3, -0.25) is 43.2 Å². The molecule has 17 N–H and O–H groups in total. The number of carbonyl (C=O) groups is 10. The van der Waals surface area contributed by atoms with Crippen LogP contribution in [0.25, 0.3) is 0 Å². The number of hydroxylamine groups is 6. The standard InChI is InChI=1S/C37H46N2O13.C37H46N2O12.C19H33N3O9/c1-16-29(41)20(38)10-24(51-16)52-22-14-37(47,23(40)15-50-34(46)17-11-35(2,3)39(48)36(4,5)12-17)13-19-26(22)33(45)28-27(31(19)43)30(42)18-8-7-9-21(49-6)25(18)32(28)44;1-16-29(41)21(38)11-24(49-16)50-23-15-37(46,17(2)40)14-20-26(23)32(44)27-28(30(42)19-9-8-10-22(48-7)25(19)31(27)43)33(20)51-34(45)18-12-35(3,4)39(47)36(5,6)13-18;1-18(2)7-11(8-19(3,4)22(18)29)16(26)30-9-10-6-12(23)15(14(25)13(10)24)31-17(27)21(5)20-28/h7-9,16-17,20,22,24,29,41,43,45,47-48H,10-15,38H2,1-6H3;8-10,16,18,21,23-24,29,41,44,46-47H,11-15,38H2,1-7H3;10-15,23-25,29H,6-9H2,1-5H3/t16?,20-,22+,24?,29-,37+;16?,21-,23+,24?,29-,37+;10-,12-,13-,14+,15+/m111/s1. The highest BCUT2D eigenvalue weighted by atomic mass is 16.7. The van der Waals surface area contributed by atoms with Gasteiger partial charge in [-0.05, 0) is 161 Å². The summed E-state index contributed by atoms with van der Waals surface area (Å²) in [6, 6.07) is 7.27. The summed E-state index contributed by atoms with van der Waals surface area (Å²) < 4.78 is 56.8. The molecule has 736 valence electrons. The zero-order valence-corrected chi connectivity index (χ0v) is 78.2. The maximum Gasteiger partial charge on any atom is 0.433 e. The molecule has 0 bridgehead atoms. The molecule has 4 aromatic carbocycles. The normalized spacial score (nSPS) is 30.8. The fourth-order valence-corrected chi connectivity index (χ4v) is 21.4. The molecule has 6 fully saturated rings. The summed E-state index contributed by atoms with van der Waals surface area (Å²) in [5.41, 5.74) is 0.567. The minimum absolute atomic E-state index is 0.0144. The van der Waals surface area contributed by atoms with Crippen molar-refractivity contribution in [3.8, 4) is 34.5 Å². The van der Waals surface area contributed by atoms with Gasteiger partial charge in [0.15, 0.2) is 42.6 Å². The Morgan fingerprint density at radius 1 is 0.507 bits per heavy atom. The number of rotatable bonds is 18. The second-order valence-electron chi connectivity index (χ2n) is 40.9. The van der Waals surface area contributed by atoms with Gasteiger partial charge in [-0.25, -0.2) is 4.79 Å². The third-order valence-corrected chi connectivity index (χ3v) is 28.1. The summed E-state index contributed by atoms with van der Waals surface area (Å²) in [5.74, 6) is -11.7. The fourth-order valence-electron chi connectivity index (χ4n) is 21.4. The zero-order valence-electron chi connectivity index (χ0n) is 78.2. The monoisotopic (exact) mass is 1880 g/mol. The highest BCUT2D eigenvalue weighted by molar-refractivity contribution is 6.32. The molecule has 1 saturated carbocycles. The van der Waals surface area contributed by atoms with E-state index in [1.54, 1.807) is 69.2 Å². The Morgan fingerprint density at radius 3 is 1.31 bits per heavy atom. The number of benzene rings is 4. The van der Waals surface area contributed by atoms with E-state index >= 15 is 0 Å². The van der Waals surface area contributed by atoms with E-state index in [-0.39, 0.29) is 120 Å². The third-order valence-electron chi connectivity index (χ3n) is 28.1. The fraction of sp³-hybridized carbons (Fsp3) is 0.634. The molecule has 4 unspecified atom stereocenters. The van der Waals surface area contributed by atoms with Crippen LogP contribution < -0.4 is 25.7 Å². The lowest BCUT2D eigenvalue weighted by Gasteiger charge is -2.50. The van der Waals surface area contributed by atoms with Crippen LogP contribution in [-0.4, -0.2) is 298 Å². The van der Waals surface area contributed by atoms with Crippen LogP contribution in [-0.2, 0) is 70.0 Å². The number of phenols is 3. The Bertz CT molecular complexity index is 5230. The molecule has 5 aliphatic heterocycles. The molecule has 41 nitrogen and oxygen atoms in total. The van der Waals surface area contributed by atoms with Crippen molar-refractivity contribution in [2.75, 3.05) is 34.5 Å². The van der Waals surface area contributed by atoms with Crippen molar-refractivity contribution in [2.24, 2.45) is 40.4 Å². The zero-order chi connectivity index (χ0) is 99.5. The summed E-state index contributed by atoms with van der Waals surface area (Å²) >= 11 is 0. The van der Waals surface area contributed by atoms with E-state index < -0.39 is 278 Å². The van der Waals surface area contributed by atoms with E-state index in [1.807, 2.05) is 27.7 Å². The number of hydrogen-bond acceptors (Lipinski definition) is 40. The largest absolute Gasteiger partial charge is 0.507 e. The number of phenolic OH excluding ortho intramolecular Hbond substituents is 3. The van der Waals surface area contributed by atoms with Gasteiger partial charge in [0.05, 0.1) is 126 Å². The number of carbonyl (C=O) groups excluding carboxylic acids is 10. The number of methoxy groups -OCH3 is 2. The van der Waals surface area contributed by atoms with Crippen LogP contribution in [0.3, 0.4) is 0 Å². The molecule has 0 aromatic heterocycles. The Kier molecular flexibility index (Phi) is 29.4. The first kappa shape index (κ1) is 103. The molecule has 41 heteroatoms. The van der Waals surface area contributed by atoms with Crippen molar-refractivity contribution in [1.82, 2.24) is 20.2 Å². The maximum atomic E-state index is 14.4. The number of ether oxygens (including phenoxy) is 10. The predicted molar refractivity (Wildman–Crippen MR) is 464 cm³/mol. The Hall–Kier alpha value is -9.58. The Labute approximate surface area is 772 Å². The van der Waals surface area contributed by atoms with Gasteiger partial charge in [0, 0.05) is 130 Å². The van der Waals surface area contributed by atoms with Crippen molar-refractivity contribution in [2.45, 2.75) is 317 Å². The summed E-state index contributed by atoms with van der Waals surface area (Å²) in [6.45, 7) is 24.8. The summed E-state index contributed by atoms with van der Waals surface area (Å²) in [7, 11) is 3.69. The van der Waals surface area contributed by atoms with Crippen LogP contribution in [0.15, 0.2) is 41.7 Å². The number of piperidine rings is 3. The molecular weight excluding hydrogens is 1760 g/mol. The maximum absolute atomic E-state index is 14.4. The van der Waals surface area contributed by atoms with Crippen LogP contribution in [0.4, 0.5) is 4.79 Å². The predicted octanol–water partition coefficient (Wildman–Crippen LogP) is 5.51. The van der Waals surface area contributed by atoms with Gasteiger partial charge in [-0.1, -0.05) is 24.3 Å². The van der Waals surface area contributed by atoms with Crippen molar-refractivity contribution < 1.29 is 162 Å². The number of amides is 1. The summed E-state index contributed by atoms with van der Waals surface area (Å²) in [5, 5.41) is 149. The minimum Gasteiger partial charge on any atom is -0.507 e. The second-order valence-corrected chi connectivity index (χ2v) is 40.9. The number of aliphatic hydroxyl groups excluding tert-OH is 5. The first-order valence-electron chi connectivity index (χ1n) is 44.5. The number of fused-ring (bicyclic) bond motifs is 6. The van der Waals surface area contributed by atoms with E-state index in [1.165, 1.54) is 72.7 Å². The number of aromatic hydroxyl groups is 3. The lowest BCUT2D eigenvalue weighted by molar-refractivity contribution is -0.252. The van der Waals surface area contributed by atoms with Crippen molar-refractivity contribution in [1.29, 1.82) is 0 Å². The molecular formula is C93H125N7O34. The van der Waals surface area contributed by atoms with Crippen LogP contribution in [0.1, 0.15) is 273 Å². The average molecular weight is 1890 g/mol. The van der Waals surface area contributed by atoms with E-state index in [9.17, 15) is 120 Å². The van der Waals surface area contributed by atoms with Gasteiger partial charge in [-0.2, -0.15) is 20.2 Å². The van der Waals surface area contributed by atoms with Crippen LogP contribution >= 0.6 is 0 Å². The lowest BCUT2D eigenvalue weighted by atomic mass is 9.72. The molecule has 0 radical (unpaired) electrons. The molecule has 10 aliphatic rings. The highest BCUT2D eigenvalue weighted by Gasteiger charge is 2.58. The Morgan fingerprint density at radius 2 is 0.896 bits per heavy atom. The SMILES string of the molecule is CN(N=O)C(=O)O[C@@H]1[C@@H](O)[C@H](O)[C@@H](COC(=O)C2CC(C)(C)N(O)C(C)(C)C2)C[C@H]1O.COc1cccc2c1C(=O)c1c(O)c3c(c(O)c1C2=O)C[C@@](O)(C(=O)COC(=O)C1CC(C)(C)N(O)C(C)(C)C1)C[C@@H]3OC1C[C@@H](N)[C@H](O)C(C)O1.COc1cccc2c1C(=O)c1c(O)c3c(c(OC(=O)C4CC(C)(C)N(O)C(C)(C)C4)c1C2=O)C[C@@](O)(C(C)=O)C[C@@H]3OC1C[C@@H](N)[C@H](O)C(C)O1. The van der Waals surface area contributed by atoms with Crippen molar-refractivity contribution in [3.05, 3.63) is 108 Å². The number of aliphatic hydroxyl groups is 7. The summed E-state index contributed by atoms with van der Waals surface area (Å²) in [4.78, 5) is 146. The van der Waals surface area contributed by atoms with E-state index in [2.05, 4.69) is 5.29 Å². The molecule has 5 saturated heterocycles. The molecule has 5 aliphatic carbocycles. The third kappa shape index (κ3) is 19.5. The number of Topliss-reactive ketones (excluding diaryl/α,β-unsaturated/α-hetero) is 2. The van der Waals surface area contributed by atoms with Gasteiger partial charge >= 0.3 is 24.0 Å². The second kappa shape index (κ2) is 38.1. The number of esters is 3. The number of ketones is 6. The smallest absolute Gasteiger partial charge is 0.433 e. The molecule has 14 rings (SSSR count). The first-order valence-corrected chi connectivity index (χ1v) is 44.5. The van der Waals surface area contributed by atoms with Crippen LogP contribution in [0.2, 0.25) is 0 Å². The molecule has 134 heavy (non-hydrogen) atoms. The average Bonchev–Trinajstić information content (AvgIpc) is 0.712. The van der Waals surface area contributed by atoms with Gasteiger partial charge in [0.1, 0.15) is 51.8 Å². The van der Waals surface area contributed by atoms with Gasteiger partial charge < -0.3 is 126 Å². The number of hydrogen-bond donors (Lipinski definition) is 15. The number of nitrogens with zero attached hydrogens (tertiary/aromatic N) is 5. The molecule has 1 amide bonds. The molecule has 0 spiro atoms. The number of nitrogens with two attached hydrogens (primary N) is 2. The summed E-state index contributed by atoms with van der Waals surface area (Å²) in [6.07, 6.45) is -16.2. The van der Waals surface area contributed by atoms with Gasteiger partial charge in [0.25, 0.3) is 0 Å². The van der Waals surface area contributed by atoms with Crippen LogP contribution in [0, 0.1) is 28.6 Å². The van der Waals surface area contributed by atoms with E-state index in [4.69, 9.17) is 58.8 Å². The van der Waals surface area contributed by atoms with Crippen molar-refractivity contribution in [3.63, 3.8) is 0 Å². The molecule has 5 heterocycles. The minimum atomic E-state index is -2.37. The Balaban J connectivity index is 0.000000187. The highest BCUT2D eigenvalue weighted by Crippen LogP contribution is 2.57. The molecule has 4 aromatic rings. The van der Waals surface area contributed by atoms with Crippen LogP contribution in [0.5, 0.6) is 34.5 Å². The van der Waals surface area contributed by atoms with Gasteiger partial charge in [0.2, 0.25) is 17.3 Å². The lowest BCUT2D eigenvalue weighted by Crippen LogP contribution is -2.60.